The Morgan fingerprint density at radius 3 is 2.63 bits per heavy atom. The van der Waals surface area contributed by atoms with Crippen molar-refractivity contribution in [1.29, 1.82) is 0 Å². The van der Waals surface area contributed by atoms with Gasteiger partial charge in [-0.2, -0.15) is 10.2 Å². The first-order chi connectivity index (χ1) is 18.1. The lowest BCUT2D eigenvalue weighted by Gasteiger charge is -2.35. The zero-order valence-electron chi connectivity index (χ0n) is 19.8. The lowest BCUT2D eigenvalue weighted by Crippen LogP contribution is -2.41. The van der Waals surface area contributed by atoms with Crippen LogP contribution in [0.2, 0.25) is 5.02 Å². The van der Waals surface area contributed by atoms with Gasteiger partial charge in [-0.3, -0.25) is 9.40 Å². The third-order valence-corrected chi connectivity index (χ3v) is 7.89. The fourth-order valence-electron chi connectivity index (χ4n) is 4.32. The maximum Gasteiger partial charge on any atom is 0.261 e. The second-order valence-corrected chi connectivity index (χ2v) is 10.9. The van der Waals surface area contributed by atoms with Crippen LogP contribution in [0.15, 0.2) is 84.4 Å². The van der Waals surface area contributed by atoms with Crippen LogP contribution in [0, 0.1) is 11.6 Å². The predicted octanol–water partition coefficient (Wildman–Crippen LogP) is 4.51. The van der Waals surface area contributed by atoms with Crippen LogP contribution in [0.3, 0.4) is 0 Å². The van der Waals surface area contributed by atoms with E-state index in [4.69, 9.17) is 11.6 Å². The third kappa shape index (κ3) is 4.85. The monoisotopic (exact) mass is 558 g/mol. The topological polar surface area (TPSA) is 115 Å². The van der Waals surface area contributed by atoms with Crippen molar-refractivity contribution >= 4 is 38.2 Å². The lowest BCUT2D eigenvalue weighted by molar-refractivity contribution is -0.0354. The van der Waals surface area contributed by atoms with Gasteiger partial charge in [-0.25, -0.2) is 26.9 Å². The van der Waals surface area contributed by atoms with Crippen molar-refractivity contribution in [3.63, 3.8) is 0 Å². The Hall–Kier alpha value is -3.87. The lowest BCUT2D eigenvalue weighted by atomic mass is 9.86. The summed E-state index contributed by atoms with van der Waals surface area (Å²) < 4.78 is 59.5. The first-order valence-corrected chi connectivity index (χ1v) is 13.2. The largest absolute Gasteiger partial charge is 0.381 e. The summed E-state index contributed by atoms with van der Waals surface area (Å²) in [6.07, 6.45) is 4.15. The van der Waals surface area contributed by atoms with E-state index in [1.54, 1.807) is 31.2 Å². The van der Waals surface area contributed by atoms with Crippen molar-refractivity contribution in [3.8, 4) is 0 Å². The van der Waals surface area contributed by atoms with Gasteiger partial charge in [0.1, 0.15) is 29.9 Å². The minimum atomic E-state index is -3.90. The van der Waals surface area contributed by atoms with Gasteiger partial charge in [-0.15, -0.1) is 0 Å². The molecule has 196 valence electrons. The highest BCUT2D eigenvalue weighted by molar-refractivity contribution is 7.92. The van der Waals surface area contributed by atoms with Gasteiger partial charge in [0.2, 0.25) is 0 Å². The number of hydrogen-bond acceptors (Lipinski definition) is 6. The van der Waals surface area contributed by atoms with Crippen molar-refractivity contribution in [2.45, 2.75) is 30.0 Å². The smallest absolute Gasteiger partial charge is 0.261 e. The number of sulfonamides is 1. The molecule has 3 aromatic carbocycles. The van der Waals surface area contributed by atoms with E-state index < -0.39 is 33.3 Å². The molecule has 2 unspecified atom stereocenters. The summed E-state index contributed by atoms with van der Waals surface area (Å²) in [6, 6.07) is 12.7. The van der Waals surface area contributed by atoms with Gasteiger partial charge in [0, 0.05) is 27.7 Å². The molecule has 0 aliphatic heterocycles. The molecule has 0 bridgehead atoms. The van der Waals surface area contributed by atoms with Gasteiger partial charge in [0.25, 0.3) is 10.0 Å². The number of anilines is 1. The summed E-state index contributed by atoms with van der Waals surface area (Å²) in [5.41, 5.74) is -1.23. The molecule has 0 radical (unpaired) electrons. The molecule has 0 fully saturated rings. The summed E-state index contributed by atoms with van der Waals surface area (Å²) in [5, 5.41) is 21.1. The summed E-state index contributed by atoms with van der Waals surface area (Å²) in [4.78, 5) is 3.88. The molecule has 2 aromatic heterocycles. The van der Waals surface area contributed by atoms with E-state index in [9.17, 15) is 22.3 Å². The zero-order chi connectivity index (χ0) is 27.1. The van der Waals surface area contributed by atoms with Gasteiger partial charge in [-0.05, 0) is 49.4 Å². The molecule has 5 rings (SSSR count). The third-order valence-electron chi connectivity index (χ3n) is 6.28. The number of aromatic nitrogens is 5. The van der Waals surface area contributed by atoms with Crippen LogP contribution < -0.4 is 4.72 Å². The van der Waals surface area contributed by atoms with Crippen molar-refractivity contribution in [2.75, 3.05) is 4.72 Å². The van der Waals surface area contributed by atoms with Gasteiger partial charge in [0.05, 0.1) is 29.2 Å². The molecule has 0 aliphatic rings. The number of rotatable bonds is 8. The fourth-order valence-corrected chi connectivity index (χ4v) is 5.67. The Kier molecular flexibility index (Phi) is 6.63. The Morgan fingerprint density at radius 1 is 1.11 bits per heavy atom. The fraction of sp³-hybridized carbons (Fsp3) is 0.160. The Labute approximate surface area is 221 Å². The van der Waals surface area contributed by atoms with Gasteiger partial charge in [0.15, 0.2) is 0 Å². The average Bonchev–Trinajstić information content (AvgIpc) is 3.52. The second kappa shape index (κ2) is 9.78. The van der Waals surface area contributed by atoms with Gasteiger partial charge >= 0.3 is 0 Å². The second-order valence-electron chi connectivity index (χ2n) is 8.74. The quantitative estimate of drug-likeness (QED) is 0.290. The number of halogens is 3. The van der Waals surface area contributed by atoms with E-state index in [0.717, 1.165) is 6.07 Å². The molecule has 13 heteroatoms. The zero-order valence-corrected chi connectivity index (χ0v) is 21.4. The maximum atomic E-state index is 14.9. The van der Waals surface area contributed by atoms with Crippen molar-refractivity contribution < 1.29 is 22.3 Å². The number of nitrogens with zero attached hydrogens (tertiary/aromatic N) is 5. The van der Waals surface area contributed by atoms with E-state index in [-0.39, 0.29) is 27.7 Å². The number of hydrogen-bond donors (Lipinski definition) is 2. The molecule has 38 heavy (non-hydrogen) atoms. The van der Waals surface area contributed by atoms with Crippen LogP contribution in [-0.4, -0.2) is 38.1 Å². The minimum Gasteiger partial charge on any atom is -0.381 e. The molecule has 2 heterocycles. The van der Waals surface area contributed by atoms with E-state index in [2.05, 4.69) is 19.9 Å². The molecular weight excluding hydrogens is 538 g/mol. The summed E-state index contributed by atoms with van der Waals surface area (Å²) >= 11 is 5.93. The van der Waals surface area contributed by atoms with Crippen LogP contribution in [-0.2, 0) is 22.2 Å². The highest BCUT2D eigenvalue weighted by Crippen LogP contribution is 2.38. The molecule has 2 atom stereocenters. The van der Waals surface area contributed by atoms with Crippen molar-refractivity contribution in [3.05, 3.63) is 102 Å². The first-order valence-electron chi connectivity index (χ1n) is 11.3. The van der Waals surface area contributed by atoms with Crippen LogP contribution in [0.1, 0.15) is 18.5 Å². The van der Waals surface area contributed by atoms with E-state index in [0.29, 0.717) is 17.0 Å². The molecule has 0 amide bonds. The number of nitrogens with one attached hydrogen (secondary N) is 1. The van der Waals surface area contributed by atoms with Gasteiger partial charge in [-0.1, -0.05) is 23.7 Å². The van der Waals surface area contributed by atoms with Crippen LogP contribution in [0.4, 0.5) is 14.5 Å². The standard InChI is InChI=1S/C25H21ClF2N6O3S/c1-16(25(35,13-33-15-29-14-31-33)22-7-5-19(27)11-23(22)28)34-24-8-6-20(9-17(24)12-30-34)32-38(36,37)21-4-2-3-18(26)10-21/h2-12,14-16,32,35H,13H2,1H3. The molecule has 0 spiro atoms. The Balaban J connectivity index is 1.51. The molecule has 5 aromatic rings. The van der Waals surface area contributed by atoms with Crippen molar-refractivity contribution in [1.82, 2.24) is 24.5 Å². The molecular formula is C25H21ClF2N6O3S. The molecule has 0 saturated heterocycles. The highest BCUT2D eigenvalue weighted by atomic mass is 35.5. The van der Waals surface area contributed by atoms with Crippen LogP contribution >= 0.6 is 11.6 Å². The highest BCUT2D eigenvalue weighted by Gasteiger charge is 2.41. The molecule has 9 nitrogen and oxygen atoms in total. The molecule has 0 saturated carbocycles. The summed E-state index contributed by atoms with van der Waals surface area (Å²) in [7, 11) is -3.90. The molecule has 0 aliphatic carbocycles. The first kappa shape index (κ1) is 25.8. The SMILES string of the molecule is CC(n1ncc2cc(NS(=O)(=O)c3cccc(Cl)c3)ccc21)C(O)(Cn1cncn1)c1ccc(F)cc1F. The van der Waals surface area contributed by atoms with E-state index >= 15 is 0 Å². The summed E-state index contributed by atoms with van der Waals surface area (Å²) in [5.74, 6) is -1.70. The number of fused-ring (bicyclic) bond motifs is 1. The van der Waals surface area contributed by atoms with Crippen LogP contribution in [0.25, 0.3) is 10.9 Å². The number of benzene rings is 3. The number of aliphatic hydroxyl groups is 1. The predicted molar refractivity (Wildman–Crippen MR) is 137 cm³/mol. The average molecular weight is 559 g/mol. The normalized spacial score (nSPS) is 14.3. The van der Waals surface area contributed by atoms with Gasteiger partial charge < -0.3 is 5.11 Å². The Bertz CT molecular complexity index is 1730. The van der Waals surface area contributed by atoms with E-state index in [1.807, 2.05) is 0 Å². The van der Waals surface area contributed by atoms with Crippen molar-refractivity contribution in [2.24, 2.45) is 0 Å². The summed E-state index contributed by atoms with van der Waals surface area (Å²) in [6.45, 7) is 1.44. The van der Waals surface area contributed by atoms with E-state index in [1.165, 1.54) is 52.5 Å². The maximum absolute atomic E-state index is 14.9. The van der Waals surface area contributed by atoms with Crippen LogP contribution in [0.5, 0.6) is 0 Å². The minimum absolute atomic E-state index is 0.00825. The molecule has 2 N–H and O–H groups in total. The Morgan fingerprint density at radius 2 is 1.92 bits per heavy atom.